The molecule has 1 heterocycles. The largest absolute Gasteiger partial charge is 0.508 e. The van der Waals surface area contributed by atoms with E-state index in [0.717, 1.165) is 4.68 Å². The van der Waals surface area contributed by atoms with Crippen molar-refractivity contribution < 1.29 is 9.52 Å². The van der Waals surface area contributed by atoms with Gasteiger partial charge in [-0.15, -0.1) is 5.10 Å². The molecule has 1 aromatic carbocycles. The van der Waals surface area contributed by atoms with Crippen molar-refractivity contribution in [3.63, 3.8) is 0 Å². The van der Waals surface area contributed by atoms with Crippen LogP contribution in [0.3, 0.4) is 0 Å². The summed E-state index contributed by atoms with van der Waals surface area (Å²) in [5.41, 5.74) is 0.572. The van der Waals surface area contributed by atoms with Crippen molar-refractivity contribution in [3.05, 3.63) is 34.8 Å². The topological polar surface area (TPSA) is 68.3 Å². The number of phenols is 1. The van der Waals surface area contributed by atoms with Gasteiger partial charge in [0.25, 0.3) is 0 Å². The van der Waals surface area contributed by atoms with Crippen molar-refractivity contribution in [1.82, 2.24) is 9.78 Å². The number of aromatic hydroxyl groups is 1. The van der Waals surface area contributed by atoms with E-state index in [-0.39, 0.29) is 11.6 Å². The standard InChI is InChI=1S/C9H8N2O3/c1-11-9(13)14-8(10-11)6-3-2-4-7(12)5-6/h2-5,12H,1H3. The molecule has 2 aromatic rings. The van der Waals surface area contributed by atoms with Crippen LogP contribution in [0.15, 0.2) is 33.5 Å². The van der Waals surface area contributed by atoms with Crippen LogP contribution in [0.5, 0.6) is 5.75 Å². The van der Waals surface area contributed by atoms with Gasteiger partial charge in [-0.2, -0.15) is 4.68 Å². The predicted octanol–water partition coefficient (Wildman–Crippen LogP) is 0.746. The molecular formula is C9H8N2O3. The molecule has 0 saturated carbocycles. The number of benzene rings is 1. The van der Waals surface area contributed by atoms with Crippen LogP contribution in [0.1, 0.15) is 0 Å². The van der Waals surface area contributed by atoms with E-state index >= 15 is 0 Å². The van der Waals surface area contributed by atoms with Crippen molar-refractivity contribution in [2.75, 3.05) is 0 Å². The molecule has 0 saturated heterocycles. The Balaban J connectivity index is 2.54. The van der Waals surface area contributed by atoms with Gasteiger partial charge in [-0.25, -0.2) is 4.79 Å². The minimum absolute atomic E-state index is 0.107. The van der Waals surface area contributed by atoms with Gasteiger partial charge in [-0.3, -0.25) is 0 Å². The lowest BCUT2D eigenvalue weighted by molar-refractivity contribution is 0.474. The van der Waals surface area contributed by atoms with Crippen LogP contribution in [0.2, 0.25) is 0 Å². The molecule has 0 amide bonds. The molecule has 14 heavy (non-hydrogen) atoms. The summed E-state index contributed by atoms with van der Waals surface area (Å²) in [6.45, 7) is 0. The second-order valence-corrected chi connectivity index (χ2v) is 2.85. The summed E-state index contributed by atoms with van der Waals surface area (Å²) < 4.78 is 5.94. The highest BCUT2D eigenvalue weighted by Gasteiger charge is 2.07. The molecule has 72 valence electrons. The molecule has 0 radical (unpaired) electrons. The molecule has 1 aromatic heterocycles. The summed E-state index contributed by atoms with van der Waals surface area (Å²) >= 11 is 0. The zero-order valence-corrected chi connectivity index (χ0v) is 7.47. The molecule has 0 aliphatic carbocycles. The summed E-state index contributed by atoms with van der Waals surface area (Å²) in [6, 6.07) is 6.36. The van der Waals surface area contributed by atoms with Gasteiger partial charge in [-0.1, -0.05) is 6.07 Å². The SMILES string of the molecule is Cn1nc(-c2cccc(O)c2)oc1=O. The quantitative estimate of drug-likeness (QED) is 0.723. The highest BCUT2D eigenvalue weighted by Crippen LogP contribution is 2.19. The molecule has 0 bridgehead atoms. The molecule has 0 aliphatic heterocycles. The normalized spacial score (nSPS) is 10.4. The van der Waals surface area contributed by atoms with Gasteiger partial charge in [0.1, 0.15) is 5.75 Å². The zero-order valence-electron chi connectivity index (χ0n) is 7.47. The first kappa shape index (κ1) is 8.55. The van der Waals surface area contributed by atoms with Crippen molar-refractivity contribution in [2.24, 2.45) is 7.05 Å². The van der Waals surface area contributed by atoms with Crippen molar-refractivity contribution in [2.45, 2.75) is 0 Å². The Labute approximate surface area is 79.2 Å². The Hall–Kier alpha value is -2.04. The van der Waals surface area contributed by atoms with Crippen LogP contribution in [0, 0.1) is 0 Å². The number of nitrogens with zero attached hydrogens (tertiary/aromatic N) is 2. The number of aromatic nitrogens is 2. The van der Waals surface area contributed by atoms with Crippen molar-refractivity contribution in [3.8, 4) is 17.2 Å². The van der Waals surface area contributed by atoms with E-state index in [9.17, 15) is 9.90 Å². The lowest BCUT2D eigenvalue weighted by Crippen LogP contribution is -2.09. The van der Waals surface area contributed by atoms with E-state index in [4.69, 9.17) is 4.42 Å². The van der Waals surface area contributed by atoms with Gasteiger partial charge in [0.05, 0.1) is 0 Å². The molecule has 5 heteroatoms. The van der Waals surface area contributed by atoms with Crippen molar-refractivity contribution >= 4 is 0 Å². The summed E-state index contributed by atoms with van der Waals surface area (Å²) in [5, 5.41) is 13.0. The minimum Gasteiger partial charge on any atom is -0.508 e. The summed E-state index contributed by atoms with van der Waals surface area (Å²) in [4.78, 5) is 11.0. The Kier molecular flexibility index (Phi) is 1.85. The number of aryl methyl sites for hydroxylation is 1. The van der Waals surface area contributed by atoms with Crippen LogP contribution in [0.25, 0.3) is 11.5 Å². The Bertz CT molecular complexity index is 513. The molecule has 1 N–H and O–H groups in total. The molecule has 0 unspecified atom stereocenters. The Morgan fingerprint density at radius 2 is 2.29 bits per heavy atom. The van der Waals surface area contributed by atoms with Gasteiger partial charge in [0.15, 0.2) is 0 Å². The van der Waals surface area contributed by atoms with Crippen LogP contribution in [-0.2, 0) is 7.05 Å². The van der Waals surface area contributed by atoms with E-state index < -0.39 is 5.76 Å². The monoisotopic (exact) mass is 192 g/mol. The van der Waals surface area contributed by atoms with E-state index in [0.29, 0.717) is 5.56 Å². The van der Waals surface area contributed by atoms with E-state index in [1.54, 1.807) is 12.1 Å². The molecule has 0 atom stereocenters. The van der Waals surface area contributed by atoms with Gasteiger partial charge in [0, 0.05) is 12.6 Å². The molecule has 2 rings (SSSR count). The molecule has 5 nitrogen and oxygen atoms in total. The maximum Gasteiger partial charge on any atom is 0.437 e. The number of rotatable bonds is 1. The van der Waals surface area contributed by atoms with Crippen LogP contribution in [-0.4, -0.2) is 14.9 Å². The Morgan fingerprint density at radius 1 is 1.50 bits per heavy atom. The third-order valence-corrected chi connectivity index (χ3v) is 1.78. The first-order chi connectivity index (χ1) is 6.66. The first-order valence-electron chi connectivity index (χ1n) is 4.00. The second kappa shape index (κ2) is 3.02. The molecule has 0 aliphatic rings. The minimum atomic E-state index is -0.525. The van der Waals surface area contributed by atoms with Crippen molar-refractivity contribution in [1.29, 1.82) is 0 Å². The number of phenolic OH excluding ortho intramolecular Hbond substituents is 1. The third-order valence-electron chi connectivity index (χ3n) is 1.78. The molecular weight excluding hydrogens is 184 g/mol. The average Bonchev–Trinajstić information content (AvgIpc) is 2.47. The third kappa shape index (κ3) is 1.39. The van der Waals surface area contributed by atoms with Crippen LogP contribution >= 0.6 is 0 Å². The van der Waals surface area contributed by atoms with Gasteiger partial charge < -0.3 is 9.52 Å². The summed E-state index contributed by atoms with van der Waals surface area (Å²) in [5.74, 6) is -0.215. The van der Waals surface area contributed by atoms with Gasteiger partial charge >= 0.3 is 5.76 Å². The average molecular weight is 192 g/mol. The summed E-state index contributed by atoms with van der Waals surface area (Å²) in [6.07, 6.45) is 0. The highest BCUT2D eigenvalue weighted by molar-refractivity contribution is 5.54. The van der Waals surface area contributed by atoms with E-state index in [2.05, 4.69) is 5.10 Å². The second-order valence-electron chi connectivity index (χ2n) is 2.85. The lowest BCUT2D eigenvalue weighted by Gasteiger charge is -1.94. The van der Waals surface area contributed by atoms with E-state index in [1.807, 2.05) is 0 Å². The maximum atomic E-state index is 11.0. The number of hydrogen-bond donors (Lipinski definition) is 1. The van der Waals surface area contributed by atoms with Gasteiger partial charge in [-0.05, 0) is 18.2 Å². The fraction of sp³-hybridized carbons (Fsp3) is 0.111. The molecule has 0 spiro atoms. The maximum absolute atomic E-state index is 11.0. The fourth-order valence-electron chi connectivity index (χ4n) is 1.10. The smallest absolute Gasteiger partial charge is 0.437 e. The van der Waals surface area contributed by atoms with Gasteiger partial charge in [0.2, 0.25) is 5.89 Å². The Morgan fingerprint density at radius 3 is 2.86 bits per heavy atom. The lowest BCUT2D eigenvalue weighted by atomic mass is 10.2. The summed E-state index contributed by atoms with van der Waals surface area (Å²) in [7, 11) is 1.50. The highest BCUT2D eigenvalue weighted by atomic mass is 16.4. The van der Waals surface area contributed by atoms with E-state index in [1.165, 1.54) is 19.2 Å². The predicted molar refractivity (Wildman–Crippen MR) is 48.8 cm³/mol. The molecule has 0 fully saturated rings. The van der Waals surface area contributed by atoms with Crippen LogP contribution in [0.4, 0.5) is 0 Å². The van der Waals surface area contributed by atoms with Crippen LogP contribution < -0.4 is 5.76 Å². The number of hydrogen-bond acceptors (Lipinski definition) is 4. The first-order valence-corrected chi connectivity index (χ1v) is 4.00. The zero-order chi connectivity index (χ0) is 10.1. The fourth-order valence-corrected chi connectivity index (χ4v) is 1.10.